The summed E-state index contributed by atoms with van der Waals surface area (Å²) in [6.45, 7) is 0.650. The molecule has 0 fully saturated rings. The highest BCUT2D eigenvalue weighted by molar-refractivity contribution is 5.78. The molecule has 148 valence electrons. The maximum absolute atomic E-state index is 12.1. The highest BCUT2D eigenvalue weighted by Crippen LogP contribution is 2.19. The van der Waals surface area contributed by atoms with Crippen LogP contribution < -0.4 is 11.1 Å². The van der Waals surface area contributed by atoms with Gasteiger partial charge in [0.1, 0.15) is 11.6 Å². The van der Waals surface area contributed by atoms with Gasteiger partial charge < -0.3 is 11.1 Å². The normalized spacial score (nSPS) is 10.4. The van der Waals surface area contributed by atoms with Crippen LogP contribution in [0.25, 0.3) is 11.1 Å². The van der Waals surface area contributed by atoms with Gasteiger partial charge in [-0.25, -0.2) is 0 Å². The quantitative estimate of drug-likeness (QED) is 0.488. The molecule has 0 spiro atoms. The van der Waals surface area contributed by atoms with E-state index >= 15 is 0 Å². The fourth-order valence-electron chi connectivity index (χ4n) is 3.22. The van der Waals surface area contributed by atoms with Crippen molar-refractivity contribution in [3.8, 4) is 17.2 Å². The van der Waals surface area contributed by atoms with Crippen LogP contribution in [0.4, 0.5) is 5.82 Å². The van der Waals surface area contributed by atoms with Gasteiger partial charge in [-0.3, -0.25) is 9.89 Å². The smallest absolute Gasteiger partial charge is 0.224 e. The highest BCUT2D eigenvalue weighted by Gasteiger charge is 2.09. The lowest BCUT2D eigenvalue weighted by Gasteiger charge is -2.07. The lowest BCUT2D eigenvalue weighted by atomic mass is 10.0. The average molecular weight is 387 g/mol. The molecule has 1 aromatic heterocycles. The van der Waals surface area contributed by atoms with Crippen molar-refractivity contribution in [3.05, 3.63) is 71.4 Å². The fraction of sp³-hybridized carbons (Fsp3) is 0.261. The number of carbonyl (C=O) groups is 1. The summed E-state index contributed by atoms with van der Waals surface area (Å²) in [6, 6.07) is 20.4. The molecule has 0 radical (unpaired) electrons. The van der Waals surface area contributed by atoms with E-state index in [9.17, 15) is 4.79 Å². The van der Waals surface area contributed by atoms with E-state index in [4.69, 9.17) is 11.0 Å². The first-order chi connectivity index (χ1) is 14.2. The highest BCUT2D eigenvalue weighted by atomic mass is 16.1. The van der Waals surface area contributed by atoms with Gasteiger partial charge in [-0.05, 0) is 36.0 Å². The second-order valence-electron chi connectivity index (χ2n) is 6.97. The number of anilines is 1. The first-order valence-electron chi connectivity index (χ1n) is 9.81. The fourth-order valence-corrected chi connectivity index (χ4v) is 3.22. The predicted octanol–water partition coefficient (Wildman–Crippen LogP) is 3.60. The molecule has 0 unspecified atom stereocenters. The van der Waals surface area contributed by atoms with Crippen molar-refractivity contribution in [1.29, 1.82) is 5.26 Å². The van der Waals surface area contributed by atoms with Gasteiger partial charge in [-0.15, -0.1) is 0 Å². The molecule has 0 saturated carbocycles. The number of nitriles is 1. The molecule has 1 amide bonds. The molecule has 2 aromatic carbocycles. The Balaban J connectivity index is 1.34. The van der Waals surface area contributed by atoms with Crippen LogP contribution in [-0.2, 0) is 17.6 Å². The summed E-state index contributed by atoms with van der Waals surface area (Å²) >= 11 is 0. The van der Waals surface area contributed by atoms with Gasteiger partial charge in [0.2, 0.25) is 5.91 Å². The van der Waals surface area contributed by atoms with Crippen molar-refractivity contribution in [2.75, 3.05) is 12.3 Å². The molecular weight excluding hydrogens is 362 g/mol. The van der Waals surface area contributed by atoms with Gasteiger partial charge in [0.25, 0.3) is 0 Å². The molecule has 4 N–H and O–H groups in total. The first kappa shape index (κ1) is 20.2. The standard InChI is InChI=1S/C23H25N5O/c24-16-20-21(27-28-23(20)25)9-5-2-6-14-26-22(29)15-17-10-12-19(13-11-17)18-7-3-1-4-8-18/h1,3-4,7-8,10-13H,2,5-6,9,14-15H2,(H,26,29)(H3,25,27,28). The van der Waals surface area contributed by atoms with Crippen LogP contribution in [-0.4, -0.2) is 22.6 Å². The van der Waals surface area contributed by atoms with Crippen molar-refractivity contribution in [1.82, 2.24) is 15.5 Å². The molecule has 0 saturated heterocycles. The molecule has 3 rings (SSSR count). The number of nitrogens with two attached hydrogens (primary N) is 1. The molecule has 6 nitrogen and oxygen atoms in total. The Morgan fingerprint density at radius 1 is 1.03 bits per heavy atom. The number of aromatic amines is 1. The van der Waals surface area contributed by atoms with Crippen molar-refractivity contribution in [2.24, 2.45) is 0 Å². The number of aromatic nitrogens is 2. The predicted molar refractivity (Wildman–Crippen MR) is 114 cm³/mol. The van der Waals surface area contributed by atoms with Crippen molar-refractivity contribution in [2.45, 2.75) is 32.1 Å². The number of amides is 1. The minimum absolute atomic E-state index is 0.0329. The number of rotatable bonds is 9. The summed E-state index contributed by atoms with van der Waals surface area (Å²) in [6.07, 6.45) is 3.87. The van der Waals surface area contributed by atoms with Gasteiger partial charge in [-0.1, -0.05) is 61.0 Å². The number of benzene rings is 2. The van der Waals surface area contributed by atoms with E-state index in [1.807, 2.05) is 30.3 Å². The molecule has 0 aliphatic heterocycles. The molecule has 6 heteroatoms. The second kappa shape index (κ2) is 10.1. The third-order valence-corrected chi connectivity index (χ3v) is 4.83. The summed E-state index contributed by atoms with van der Waals surface area (Å²) in [5.41, 5.74) is 10.2. The van der Waals surface area contributed by atoms with E-state index in [2.05, 4.69) is 45.8 Å². The second-order valence-corrected chi connectivity index (χ2v) is 6.97. The maximum Gasteiger partial charge on any atom is 0.224 e. The van der Waals surface area contributed by atoms with E-state index in [1.165, 1.54) is 5.56 Å². The Morgan fingerprint density at radius 2 is 1.76 bits per heavy atom. The third kappa shape index (κ3) is 5.69. The minimum Gasteiger partial charge on any atom is -0.381 e. The largest absolute Gasteiger partial charge is 0.381 e. The van der Waals surface area contributed by atoms with E-state index in [0.29, 0.717) is 18.5 Å². The van der Waals surface area contributed by atoms with E-state index in [0.717, 1.165) is 42.5 Å². The molecule has 0 aliphatic carbocycles. The SMILES string of the molecule is N#Cc1c(N)n[nH]c1CCCCCNC(=O)Cc1ccc(-c2ccccc2)cc1. The van der Waals surface area contributed by atoms with Crippen molar-refractivity contribution >= 4 is 11.7 Å². The Bertz CT molecular complexity index is 971. The molecule has 0 atom stereocenters. The number of carbonyl (C=O) groups excluding carboxylic acids is 1. The molecule has 0 aliphatic rings. The van der Waals surface area contributed by atoms with Gasteiger partial charge in [-0.2, -0.15) is 10.4 Å². The van der Waals surface area contributed by atoms with Crippen LogP contribution >= 0.6 is 0 Å². The zero-order valence-corrected chi connectivity index (χ0v) is 16.3. The lowest BCUT2D eigenvalue weighted by molar-refractivity contribution is -0.120. The molecule has 29 heavy (non-hydrogen) atoms. The minimum atomic E-state index is 0.0329. The molecule has 3 aromatic rings. The first-order valence-corrected chi connectivity index (χ1v) is 9.81. The number of unbranched alkanes of at least 4 members (excludes halogenated alkanes) is 2. The van der Waals surface area contributed by atoms with Gasteiger partial charge in [0.15, 0.2) is 5.82 Å². The van der Waals surface area contributed by atoms with Crippen LogP contribution in [0, 0.1) is 11.3 Å². The summed E-state index contributed by atoms with van der Waals surface area (Å²) in [5.74, 6) is 0.289. The Labute approximate surface area is 170 Å². The van der Waals surface area contributed by atoms with Gasteiger partial charge in [0, 0.05) is 6.54 Å². The Morgan fingerprint density at radius 3 is 2.48 bits per heavy atom. The lowest BCUT2D eigenvalue weighted by Crippen LogP contribution is -2.26. The van der Waals surface area contributed by atoms with Crippen LogP contribution in [0.1, 0.15) is 36.1 Å². The average Bonchev–Trinajstić information content (AvgIpc) is 3.11. The third-order valence-electron chi connectivity index (χ3n) is 4.83. The van der Waals surface area contributed by atoms with Gasteiger partial charge in [0.05, 0.1) is 12.1 Å². The number of aryl methyl sites for hydroxylation is 1. The number of hydrogen-bond donors (Lipinski definition) is 3. The Kier molecular flexibility index (Phi) is 7.01. The van der Waals surface area contributed by atoms with Crippen LogP contribution in [0.3, 0.4) is 0 Å². The van der Waals surface area contributed by atoms with Crippen molar-refractivity contribution < 1.29 is 4.79 Å². The van der Waals surface area contributed by atoms with Crippen molar-refractivity contribution in [3.63, 3.8) is 0 Å². The van der Waals surface area contributed by atoms with Crippen LogP contribution in [0.2, 0.25) is 0 Å². The summed E-state index contributed by atoms with van der Waals surface area (Å²) < 4.78 is 0. The van der Waals surface area contributed by atoms with E-state index < -0.39 is 0 Å². The van der Waals surface area contributed by atoms with E-state index in [1.54, 1.807) is 0 Å². The molecular formula is C23H25N5O. The zero-order chi connectivity index (χ0) is 20.5. The summed E-state index contributed by atoms with van der Waals surface area (Å²) in [5, 5.41) is 18.7. The van der Waals surface area contributed by atoms with Gasteiger partial charge >= 0.3 is 0 Å². The number of nitrogens with zero attached hydrogens (tertiary/aromatic N) is 2. The number of nitrogen functional groups attached to an aromatic ring is 1. The van der Waals surface area contributed by atoms with E-state index in [-0.39, 0.29) is 11.7 Å². The monoisotopic (exact) mass is 387 g/mol. The summed E-state index contributed by atoms with van der Waals surface area (Å²) in [7, 11) is 0. The molecule has 0 bridgehead atoms. The summed E-state index contributed by atoms with van der Waals surface area (Å²) in [4.78, 5) is 12.1. The number of nitrogens with one attached hydrogen (secondary N) is 2. The maximum atomic E-state index is 12.1. The van der Waals surface area contributed by atoms with Crippen LogP contribution in [0.5, 0.6) is 0 Å². The molecule has 1 heterocycles. The van der Waals surface area contributed by atoms with Crippen LogP contribution in [0.15, 0.2) is 54.6 Å². The zero-order valence-electron chi connectivity index (χ0n) is 16.3. The topological polar surface area (TPSA) is 108 Å². The Hall–Kier alpha value is -3.59. The number of hydrogen-bond acceptors (Lipinski definition) is 4. The number of H-pyrrole nitrogens is 1.